The van der Waals surface area contributed by atoms with Gasteiger partial charge in [0.25, 0.3) is 5.91 Å². The van der Waals surface area contributed by atoms with Crippen LogP contribution in [0.25, 0.3) is 0 Å². The molecule has 0 aliphatic carbocycles. The standard InChI is InChI=1S/C16H18N2O2/c1-3-18(4-2)16(19)14-11-8-12-17-15(14)20-13-9-6-5-7-10-13/h5-12H,3-4H2,1-2H3. The zero-order valence-electron chi connectivity index (χ0n) is 11.7. The molecule has 0 aliphatic rings. The molecule has 20 heavy (non-hydrogen) atoms. The first-order valence-electron chi connectivity index (χ1n) is 6.73. The summed E-state index contributed by atoms with van der Waals surface area (Å²) in [5.74, 6) is 0.949. The molecule has 0 fully saturated rings. The van der Waals surface area contributed by atoms with Gasteiger partial charge in [0.15, 0.2) is 0 Å². The van der Waals surface area contributed by atoms with E-state index >= 15 is 0 Å². The van der Waals surface area contributed by atoms with E-state index in [1.165, 1.54) is 0 Å². The predicted octanol–water partition coefficient (Wildman–Crippen LogP) is 3.36. The Kier molecular flexibility index (Phi) is 4.71. The fourth-order valence-electron chi connectivity index (χ4n) is 1.92. The van der Waals surface area contributed by atoms with E-state index in [4.69, 9.17) is 4.74 Å². The highest BCUT2D eigenvalue weighted by atomic mass is 16.5. The molecule has 0 N–H and O–H groups in total. The molecule has 0 atom stereocenters. The Morgan fingerprint density at radius 2 is 1.80 bits per heavy atom. The first-order chi connectivity index (χ1) is 9.76. The molecule has 1 aromatic carbocycles. The van der Waals surface area contributed by atoms with Crippen molar-refractivity contribution >= 4 is 5.91 Å². The van der Waals surface area contributed by atoms with E-state index in [-0.39, 0.29) is 5.91 Å². The maximum absolute atomic E-state index is 12.4. The molecule has 4 nitrogen and oxygen atoms in total. The Hall–Kier alpha value is -2.36. The summed E-state index contributed by atoms with van der Waals surface area (Å²) >= 11 is 0. The molecule has 1 amide bonds. The minimum Gasteiger partial charge on any atom is -0.438 e. The molecule has 104 valence electrons. The van der Waals surface area contributed by atoms with Crippen LogP contribution in [0.5, 0.6) is 11.6 Å². The van der Waals surface area contributed by atoms with E-state index in [1.807, 2.05) is 44.2 Å². The molecule has 1 heterocycles. The summed E-state index contributed by atoms with van der Waals surface area (Å²) in [5, 5.41) is 0. The van der Waals surface area contributed by atoms with Crippen LogP contribution in [0.4, 0.5) is 0 Å². The second kappa shape index (κ2) is 6.70. The minimum absolute atomic E-state index is 0.0611. The van der Waals surface area contributed by atoms with Crippen molar-refractivity contribution in [2.75, 3.05) is 13.1 Å². The molecule has 2 aromatic rings. The number of ether oxygens (including phenoxy) is 1. The molecule has 2 rings (SSSR count). The highest BCUT2D eigenvalue weighted by molar-refractivity contribution is 5.96. The van der Waals surface area contributed by atoms with Crippen molar-refractivity contribution < 1.29 is 9.53 Å². The molecule has 1 aromatic heterocycles. The van der Waals surface area contributed by atoms with Gasteiger partial charge in [-0.1, -0.05) is 18.2 Å². The molecule has 0 radical (unpaired) electrons. The fourth-order valence-corrected chi connectivity index (χ4v) is 1.92. The van der Waals surface area contributed by atoms with Crippen molar-refractivity contribution in [3.8, 4) is 11.6 Å². The second-order valence-electron chi connectivity index (χ2n) is 4.25. The van der Waals surface area contributed by atoms with E-state index < -0.39 is 0 Å². The van der Waals surface area contributed by atoms with Gasteiger partial charge in [0.1, 0.15) is 11.3 Å². The van der Waals surface area contributed by atoms with Gasteiger partial charge in [0.2, 0.25) is 5.88 Å². The number of para-hydroxylation sites is 1. The average Bonchev–Trinajstić information content (AvgIpc) is 2.50. The lowest BCUT2D eigenvalue weighted by molar-refractivity contribution is 0.0769. The first kappa shape index (κ1) is 14.1. The largest absolute Gasteiger partial charge is 0.438 e. The lowest BCUT2D eigenvalue weighted by atomic mass is 10.2. The van der Waals surface area contributed by atoms with Crippen LogP contribution in [0.3, 0.4) is 0 Å². The van der Waals surface area contributed by atoms with Gasteiger partial charge in [-0.2, -0.15) is 0 Å². The predicted molar refractivity (Wildman–Crippen MR) is 78.0 cm³/mol. The number of carbonyl (C=O) groups excluding carboxylic acids is 1. The van der Waals surface area contributed by atoms with Crippen LogP contribution in [0.2, 0.25) is 0 Å². The van der Waals surface area contributed by atoms with Crippen LogP contribution in [0.1, 0.15) is 24.2 Å². The molecule has 4 heteroatoms. The van der Waals surface area contributed by atoms with Crippen molar-refractivity contribution in [1.29, 1.82) is 0 Å². The maximum Gasteiger partial charge on any atom is 0.259 e. The summed E-state index contributed by atoms with van der Waals surface area (Å²) in [5.41, 5.74) is 0.486. The van der Waals surface area contributed by atoms with Gasteiger partial charge in [0.05, 0.1) is 0 Å². The van der Waals surface area contributed by atoms with Crippen LogP contribution >= 0.6 is 0 Å². The maximum atomic E-state index is 12.4. The number of hydrogen-bond acceptors (Lipinski definition) is 3. The molecule has 0 bridgehead atoms. The Morgan fingerprint density at radius 3 is 2.45 bits per heavy atom. The van der Waals surface area contributed by atoms with Crippen molar-refractivity contribution in [2.45, 2.75) is 13.8 Å². The van der Waals surface area contributed by atoms with E-state index in [9.17, 15) is 4.79 Å². The minimum atomic E-state index is -0.0611. The number of amides is 1. The third kappa shape index (κ3) is 3.15. The first-order valence-corrected chi connectivity index (χ1v) is 6.73. The number of rotatable bonds is 5. The number of hydrogen-bond donors (Lipinski definition) is 0. The number of benzene rings is 1. The van der Waals surface area contributed by atoms with Gasteiger partial charge >= 0.3 is 0 Å². The van der Waals surface area contributed by atoms with Gasteiger partial charge in [-0.25, -0.2) is 4.98 Å². The molecular weight excluding hydrogens is 252 g/mol. The van der Waals surface area contributed by atoms with Gasteiger partial charge in [-0.3, -0.25) is 4.79 Å². The number of carbonyl (C=O) groups is 1. The summed E-state index contributed by atoms with van der Waals surface area (Å²) in [6.07, 6.45) is 1.62. The van der Waals surface area contributed by atoms with E-state index in [0.29, 0.717) is 30.3 Å². The molecular formula is C16H18N2O2. The molecule has 0 saturated heterocycles. The zero-order chi connectivity index (χ0) is 14.4. The van der Waals surface area contributed by atoms with Crippen molar-refractivity contribution in [3.63, 3.8) is 0 Å². The Morgan fingerprint density at radius 1 is 1.10 bits per heavy atom. The van der Waals surface area contributed by atoms with E-state index in [2.05, 4.69) is 4.98 Å². The topological polar surface area (TPSA) is 42.4 Å². The van der Waals surface area contributed by atoms with E-state index in [1.54, 1.807) is 23.2 Å². The average molecular weight is 270 g/mol. The van der Waals surface area contributed by atoms with Gasteiger partial charge in [-0.15, -0.1) is 0 Å². The third-order valence-electron chi connectivity index (χ3n) is 3.01. The summed E-state index contributed by atoms with van der Waals surface area (Å²) < 4.78 is 5.71. The lowest BCUT2D eigenvalue weighted by Crippen LogP contribution is -2.30. The highest BCUT2D eigenvalue weighted by Crippen LogP contribution is 2.23. The summed E-state index contributed by atoms with van der Waals surface area (Å²) in [6, 6.07) is 12.8. The Bertz CT molecular complexity index is 566. The van der Waals surface area contributed by atoms with Gasteiger partial charge in [-0.05, 0) is 38.1 Å². The monoisotopic (exact) mass is 270 g/mol. The van der Waals surface area contributed by atoms with Crippen molar-refractivity contribution in [3.05, 3.63) is 54.2 Å². The number of nitrogens with zero attached hydrogens (tertiary/aromatic N) is 2. The summed E-state index contributed by atoms with van der Waals surface area (Å²) in [7, 11) is 0. The SMILES string of the molecule is CCN(CC)C(=O)c1cccnc1Oc1ccccc1. The van der Waals surface area contributed by atoms with Crippen LogP contribution in [-0.2, 0) is 0 Å². The fraction of sp³-hybridized carbons (Fsp3) is 0.250. The molecule has 0 aliphatic heterocycles. The third-order valence-corrected chi connectivity index (χ3v) is 3.01. The summed E-state index contributed by atoms with van der Waals surface area (Å²) in [4.78, 5) is 18.3. The van der Waals surface area contributed by atoms with Crippen LogP contribution < -0.4 is 4.74 Å². The van der Waals surface area contributed by atoms with E-state index in [0.717, 1.165) is 0 Å². The van der Waals surface area contributed by atoms with Crippen molar-refractivity contribution in [2.24, 2.45) is 0 Å². The van der Waals surface area contributed by atoms with Crippen LogP contribution in [0, 0.1) is 0 Å². The van der Waals surface area contributed by atoms with Gasteiger partial charge < -0.3 is 9.64 Å². The van der Waals surface area contributed by atoms with Crippen LogP contribution in [-0.4, -0.2) is 28.9 Å². The number of aromatic nitrogens is 1. The summed E-state index contributed by atoms with van der Waals surface area (Å²) in [6.45, 7) is 5.23. The zero-order valence-corrected chi connectivity index (χ0v) is 11.7. The van der Waals surface area contributed by atoms with Gasteiger partial charge in [0, 0.05) is 19.3 Å². The van der Waals surface area contributed by atoms with Crippen LogP contribution in [0.15, 0.2) is 48.7 Å². The second-order valence-corrected chi connectivity index (χ2v) is 4.25. The smallest absolute Gasteiger partial charge is 0.259 e. The Balaban J connectivity index is 2.29. The lowest BCUT2D eigenvalue weighted by Gasteiger charge is -2.19. The Labute approximate surface area is 119 Å². The quantitative estimate of drug-likeness (QED) is 0.836. The van der Waals surface area contributed by atoms with Crippen molar-refractivity contribution in [1.82, 2.24) is 9.88 Å². The molecule has 0 unspecified atom stereocenters. The number of pyridine rings is 1. The normalized spacial score (nSPS) is 10.1. The molecule has 0 spiro atoms. The molecule has 0 saturated carbocycles. The highest BCUT2D eigenvalue weighted by Gasteiger charge is 2.18.